The molecule has 0 bridgehead atoms. The van der Waals surface area contributed by atoms with Gasteiger partial charge < -0.3 is 29.5 Å². The van der Waals surface area contributed by atoms with Gasteiger partial charge in [0.05, 0.1) is 8.42 Å². The van der Waals surface area contributed by atoms with Gasteiger partial charge in [-0.25, -0.2) is 9.59 Å². The highest BCUT2D eigenvalue weighted by molar-refractivity contribution is 8.01. The zero-order valence-corrected chi connectivity index (χ0v) is 33.0. The molecule has 2 aromatic heterocycles. The highest BCUT2D eigenvalue weighted by Crippen LogP contribution is 2.28. The maximum Gasteiger partial charge on any atom is 0.471 e. The lowest BCUT2D eigenvalue weighted by atomic mass is 10.0. The Hall–Kier alpha value is -2.14. The zero-order chi connectivity index (χ0) is 37.0. The number of rotatable bonds is 10. The number of likely N-dealkylation sites (tertiary alicyclic amines) is 1. The quantitative estimate of drug-likeness (QED) is 0.241. The number of ether oxygens (including phenoxy) is 2. The second kappa shape index (κ2) is 19.6. The third kappa shape index (κ3) is 15.2. The van der Waals surface area contributed by atoms with Crippen molar-refractivity contribution in [1.29, 1.82) is 0 Å². The summed E-state index contributed by atoms with van der Waals surface area (Å²) in [6.45, 7) is 14.1. The van der Waals surface area contributed by atoms with Crippen LogP contribution >= 0.6 is 46.2 Å². The largest absolute Gasteiger partial charge is 0.471 e. The molecule has 0 spiro atoms. The van der Waals surface area contributed by atoms with E-state index in [9.17, 15) is 27.6 Å². The van der Waals surface area contributed by atoms with E-state index < -0.39 is 29.4 Å². The van der Waals surface area contributed by atoms with Crippen LogP contribution < -0.4 is 5.32 Å². The first-order valence-electron chi connectivity index (χ1n) is 16.8. The Bertz CT molecular complexity index is 1300. The van der Waals surface area contributed by atoms with Crippen LogP contribution in [0.25, 0.3) is 0 Å². The van der Waals surface area contributed by atoms with Crippen molar-refractivity contribution in [2.75, 3.05) is 50.8 Å². The molecule has 4 rings (SSSR count). The van der Waals surface area contributed by atoms with E-state index in [0.717, 1.165) is 47.3 Å². The summed E-state index contributed by atoms with van der Waals surface area (Å²) in [6, 6.07) is 8.17. The molecule has 0 atom stereocenters. The number of nitrogens with zero attached hydrogens (tertiary/aromatic N) is 3. The monoisotopic (exact) mass is 780 g/mol. The first-order valence-corrected chi connectivity index (χ1v) is 20.5. The lowest BCUT2D eigenvalue weighted by Crippen LogP contribution is -2.52. The van der Waals surface area contributed by atoms with Crippen LogP contribution in [0.15, 0.2) is 43.4 Å². The van der Waals surface area contributed by atoms with Crippen LogP contribution in [0.5, 0.6) is 0 Å². The van der Waals surface area contributed by atoms with Crippen LogP contribution in [-0.4, -0.2) is 113 Å². The molecule has 9 nitrogen and oxygen atoms in total. The summed E-state index contributed by atoms with van der Waals surface area (Å²) in [6.07, 6.45) is -2.91. The molecule has 0 unspecified atom stereocenters. The van der Waals surface area contributed by atoms with Crippen LogP contribution in [0, 0.1) is 0 Å². The molecule has 0 saturated carbocycles. The van der Waals surface area contributed by atoms with E-state index in [4.69, 9.17) is 9.47 Å². The van der Waals surface area contributed by atoms with Crippen molar-refractivity contribution in [3.8, 4) is 0 Å². The minimum Gasteiger partial charge on any atom is -0.444 e. The summed E-state index contributed by atoms with van der Waals surface area (Å²) in [7, 11) is 0. The number of nitrogens with one attached hydrogen (secondary N) is 1. The van der Waals surface area contributed by atoms with Crippen molar-refractivity contribution in [3.05, 3.63) is 35.0 Å². The van der Waals surface area contributed by atoms with Crippen molar-refractivity contribution < 1.29 is 37.0 Å². The number of hydrogen-bond donors (Lipinski definition) is 1. The number of amides is 3. The Labute approximate surface area is 311 Å². The minimum atomic E-state index is -4.87. The number of hydrogen-bond acceptors (Lipinski definition) is 10. The van der Waals surface area contributed by atoms with E-state index in [1.165, 1.54) is 4.21 Å². The molecule has 4 heterocycles. The Kier molecular flexibility index (Phi) is 16.6. The van der Waals surface area contributed by atoms with Crippen LogP contribution in [0.4, 0.5) is 22.8 Å². The maximum atomic E-state index is 12.7. The van der Waals surface area contributed by atoms with Crippen LogP contribution in [0.1, 0.15) is 67.2 Å². The third-order valence-corrected chi connectivity index (χ3v) is 11.8. The summed E-state index contributed by atoms with van der Waals surface area (Å²) in [5.41, 5.74) is -1.10. The van der Waals surface area contributed by atoms with E-state index in [1.54, 1.807) is 60.1 Å². The molecule has 50 heavy (non-hydrogen) atoms. The van der Waals surface area contributed by atoms with Crippen LogP contribution in [-0.2, 0) is 14.3 Å². The average molecular weight is 781 g/mol. The summed E-state index contributed by atoms with van der Waals surface area (Å²) < 4.78 is 51.4. The van der Waals surface area contributed by atoms with Crippen molar-refractivity contribution in [2.45, 2.75) is 105 Å². The molecule has 2 aliphatic heterocycles. The number of thioether (sulfide) groups is 2. The predicted molar refractivity (Wildman–Crippen MR) is 198 cm³/mol. The van der Waals surface area contributed by atoms with Gasteiger partial charge in [-0.3, -0.25) is 4.79 Å². The Morgan fingerprint density at radius 2 is 1.20 bits per heavy atom. The van der Waals surface area contributed by atoms with E-state index in [-0.39, 0.29) is 25.2 Å². The van der Waals surface area contributed by atoms with Crippen LogP contribution in [0.2, 0.25) is 0 Å². The van der Waals surface area contributed by atoms with Crippen LogP contribution in [0.3, 0.4) is 0 Å². The summed E-state index contributed by atoms with van der Waals surface area (Å²) in [5.74, 6) is -0.256. The smallest absolute Gasteiger partial charge is 0.444 e. The van der Waals surface area contributed by atoms with Gasteiger partial charge in [0.25, 0.3) is 0 Å². The SMILES string of the molecule is CC(C)(C)OC(=O)N(CCSc1cccs1)C1CCN(C(=O)C(F)(F)F)CC1.CC(C)(C)OC(=O)N(CCSc1cccs1)C1CCNCC1. The molecule has 16 heteroatoms. The van der Waals surface area contributed by atoms with Gasteiger partial charge in [-0.2, -0.15) is 13.2 Å². The number of halogens is 3. The second-order valence-corrected chi connectivity index (χ2v) is 18.6. The maximum absolute atomic E-state index is 12.7. The first-order chi connectivity index (χ1) is 23.4. The summed E-state index contributed by atoms with van der Waals surface area (Å²) >= 11 is 6.79. The third-order valence-electron chi connectivity index (χ3n) is 7.58. The second-order valence-electron chi connectivity index (χ2n) is 13.9. The fraction of sp³-hybridized carbons (Fsp3) is 0.676. The molecule has 0 aromatic carbocycles. The highest BCUT2D eigenvalue weighted by atomic mass is 32.2. The molecule has 2 aromatic rings. The molecule has 2 saturated heterocycles. The lowest BCUT2D eigenvalue weighted by Gasteiger charge is -2.39. The fourth-order valence-electron chi connectivity index (χ4n) is 5.35. The number of piperidine rings is 2. The molecule has 282 valence electrons. The minimum absolute atomic E-state index is 0.0274. The number of thiophene rings is 2. The van der Waals surface area contributed by atoms with Crippen molar-refractivity contribution in [1.82, 2.24) is 20.0 Å². The van der Waals surface area contributed by atoms with Gasteiger partial charge in [-0.15, -0.1) is 46.2 Å². The Morgan fingerprint density at radius 3 is 1.56 bits per heavy atom. The van der Waals surface area contributed by atoms with E-state index in [2.05, 4.69) is 22.8 Å². The summed E-state index contributed by atoms with van der Waals surface area (Å²) in [4.78, 5) is 40.9. The molecule has 1 N–H and O–H groups in total. The molecule has 0 radical (unpaired) electrons. The number of carbonyl (C=O) groups is 3. The fourth-order valence-corrected chi connectivity index (χ4v) is 8.95. The Morgan fingerprint density at radius 1 is 0.780 bits per heavy atom. The number of carbonyl (C=O) groups excluding carboxylic acids is 3. The van der Waals surface area contributed by atoms with Gasteiger partial charge in [-0.05, 0) is 103 Å². The molecular formula is C34H51F3N4O5S4. The molecule has 0 aliphatic carbocycles. The molecule has 2 fully saturated rings. The number of alkyl halides is 3. The van der Waals surface area contributed by atoms with Gasteiger partial charge in [0.1, 0.15) is 11.2 Å². The van der Waals surface area contributed by atoms with Gasteiger partial charge in [0.2, 0.25) is 0 Å². The molecular weight excluding hydrogens is 730 g/mol. The van der Waals surface area contributed by atoms with E-state index >= 15 is 0 Å². The van der Waals surface area contributed by atoms with Crippen molar-refractivity contribution >= 4 is 64.3 Å². The Balaban J connectivity index is 0.000000278. The van der Waals surface area contributed by atoms with Gasteiger partial charge in [-0.1, -0.05) is 12.1 Å². The van der Waals surface area contributed by atoms with Gasteiger partial charge >= 0.3 is 24.3 Å². The van der Waals surface area contributed by atoms with Gasteiger partial charge in [0, 0.05) is 49.8 Å². The van der Waals surface area contributed by atoms with E-state index in [0.29, 0.717) is 31.2 Å². The first kappa shape index (κ1) is 42.3. The molecule has 3 amide bonds. The predicted octanol–water partition coefficient (Wildman–Crippen LogP) is 8.46. The summed E-state index contributed by atoms with van der Waals surface area (Å²) in [5, 5.41) is 7.41. The normalized spacial score (nSPS) is 16.3. The standard InChI is InChI=1S/C18H25F3N2O3S2.C16H26N2O2S2/c1-17(2,3)26-16(25)23(10-12-28-14-5-4-11-27-14)13-6-8-22(9-7-13)15(24)18(19,20)21;1-16(2,3)20-15(19)18(13-6-8-17-9-7-13)10-12-22-14-5-4-11-21-14/h4-5,11,13H,6-10,12H2,1-3H3;4-5,11,13,17H,6-10,12H2,1-3H3. The van der Waals surface area contributed by atoms with Crippen molar-refractivity contribution in [3.63, 3.8) is 0 Å². The highest BCUT2D eigenvalue weighted by Gasteiger charge is 2.44. The molecule has 2 aliphatic rings. The van der Waals surface area contributed by atoms with E-state index in [1.807, 2.05) is 54.9 Å². The average Bonchev–Trinajstić information content (AvgIpc) is 3.75. The van der Waals surface area contributed by atoms with Crippen molar-refractivity contribution in [2.24, 2.45) is 0 Å². The zero-order valence-electron chi connectivity index (χ0n) is 29.8. The van der Waals surface area contributed by atoms with Gasteiger partial charge in [0.15, 0.2) is 0 Å². The lowest BCUT2D eigenvalue weighted by molar-refractivity contribution is -0.186. The topological polar surface area (TPSA) is 91.4 Å².